The maximum absolute atomic E-state index is 10.2. The monoisotopic (exact) mass is 432 g/mol. The van der Waals surface area contributed by atoms with E-state index in [0.717, 1.165) is 63.7 Å². The van der Waals surface area contributed by atoms with Crippen molar-refractivity contribution in [2.45, 2.75) is 18.8 Å². The van der Waals surface area contributed by atoms with Crippen molar-refractivity contribution in [3.63, 3.8) is 0 Å². The van der Waals surface area contributed by atoms with Gasteiger partial charge in [0.25, 0.3) is 0 Å². The van der Waals surface area contributed by atoms with Crippen LogP contribution in [0.1, 0.15) is 24.3 Å². The van der Waals surface area contributed by atoms with Crippen LogP contribution < -0.4 is 20.9 Å². The van der Waals surface area contributed by atoms with E-state index in [0.29, 0.717) is 23.0 Å². The first-order valence-corrected chi connectivity index (χ1v) is 11.1. The Bertz CT molecular complexity index is 1060. The van der Waals surface area contributed by atoms with Crippen molar-refractivity contribution in [1.29, 1.82) is 0 Å². The molecule has 0 radical (unpaired) electrons. The van der Waals surface area contributed by atoms with E-state index >= 15 is 0 Å². The third-order valence-corrected chi connectivity index (χ3v) is 6.35. The molecular formula is C23H28N8O. The number of phenols is 1. The van der Waals surface area contributed by atoms with Gasteiger partial charge < -0.3 is 26.0 Å². The van der Waals surface area contributed by atoms with Crippen LogP contribution in [0.15, 0.2) is 42.7 Å². The Morgan fingerprint density at radius 1 is 0.938 bits per heavy atom. The van der Waals surface area contributed by atoms with Crippen LogP contribution in [-0.2, 0) is 0 Å². The van der Waals surface area contributed by atoms with E-state index < -0.39 is 0 Å². The molecule has 2 aliphatic rings. The number of para-hydroxylation sites is 1. The molecule has 0 unspecified atom stereocenters. The third-order valence-electron chi connectivity index (χ3n) is 6.35. The summed E-state index contributed by atoms with van der Waals surface area (Å²) in [5.41, 5.74) is 9.46. The molecule has 2 aromatic heterocycles. The second kappa shape index (κ2) is 8.96. The summed E-state index contributed by atoms with van der Waals surface area (Å²) in [6.07, 6.45) is 6.28. The van der Waals surface area contributed by atoms with Gasteiger partial charge in [-0.05, 0) is 55.6 Å². The number of hydrogen-bond acceptors (Lipinski definition) is 9. The summed E-state index contributed by atoms with van der Waals surface area (Å²) in [5, 5.41) is 21.9. The Morgan fingerprint density at radius 2 is 1.62 bits per heavy atom. The van der Waals surface area contributed by atoms with E-state index in [-0.39, 0.29) is 5.75 Å². The van der Waals surface area contributed by atoms with Gasteiger partial charge in [0.15, 0.2) is 5.82 Å². The van der Waals surface area contributed by atoms with E-state index in [1.807, 2.05) is 30.6 Å². The molecule has 0 saturated carbocycles. The van der Waals surface area contributed by atoms with Gasteiger partial charge in [0.2, 0.25) is 5.95 Å². The van der Waals surface area contributed by atoms with Gasteiger partial charge in [-0.3, -0.25) is 0 Å². The number of aromatic hydroxyl groups is 1. The molecule has 2 aliphatic heterocycles. The van der Waals surface area contributed by atoms with Crippen molar-refractivity contribution in [2.75, 3.05) is 54.8 Å². The number of nitrogens with two attached hydrogens (primary N) is 1. The molecule has 2 fully saturated rings. The van der Waals surface area contributed by atoms with Crippen molar-refractivity contribution in [3.05, 3.63) is 48.3 Å². The van der Waals surface area contributed by atoms with Crippen LogP contribution in [-0.4, -0.2) is 64.5 Å². The van der Waals surface area contributed by atoms with E-state index in [1.54, 1.807) is 12.1 Å². The lowest BCUT2D eigenvalue weighted by Crippen LogP contribution is -2.47. The number of piperazine rings is 1. The van der Waals surface area contributed by atoms with Gasteiger partial charge in [-0.2, -0.15) is 0 Å². The van der Waals surface area contributed by atoms with Gasteiger partial charge in [-0.25, -0.2) is 9.97 Å². The Morgan fingerprint density at radius 3 is 2.34 bits per heavy atom. The maximum Gasteiger partial charge on any atom is 0.225 e. The molecule has 0 bridgehead atoms. The van der Waals surface area contributed by atoms with Crippen molar-refractivity contribution in [2.24, 2.45) is 0 Å². The molecule has 32 heavy (non-hydrogen) atoms. The van der Waals surface area contributed by atoms with Crippen LogP contribution in [0.2, 0.25) is 0 Å². The Balaban J connectivity index is 1.27. The van der Waals surface area contributed by atoms with Crippen molar-refractivity contribution in [3.8, 4) is 17.0 Å². The smallest absolute Gasteiger partial charge is 0.225 e. The van der Waals surface area contributed by atoms with Crippen molar-refractivity contribution < 1.29 is 5.11 Å². The fourth-order valence-corrected chi connectivity index (χ4v) is 4.47. The maximum atomic E-state index is 10.2. The summed E-state index contributed by atoms with van der Waals surface area (Å²) in [6.45, 7) is 5.26. The van der Waals surface area contributed by atoms with Crippen LogP contribution in [0.4, 0.5) is 17.5 Å². The standard InChI is InChI=1S/C23H28N8O/c24-22-20(13-19(28-29-22)18-3-1-2-4-21(18)32)30-9-11-31(12-10-30)23-26-14-17(15-27-23)16-5-7-25-8-6-16/h1-4,13-16,25,32H,5-12H2,(H2,24,29). The number of hydrogen-bond donors (Lipinski definition) is 3. The zero-order valence-electron chi connectivity index (χ0n) is 18.0. The predicted octanol–water partition coefficient (Wildman–Crippen LogP) is 2.01. The number of phenolic OH excluding ortho intramolecular Hbond substituents is 1. The van der Waals surface area contributed by atoms with E-state index in [1.165, 1.54) is 5.56 Å². The molecule has 0 spiro atoms. The second-order valence-electron chi connectivity index (χ2n) is 8.33. The summed E-state index contributed by atoms with van der Waals surface area (Å²) in [7, 11) is 0. The number of aromatic nitrogens is 4. The van der Waals surface area contributed by atoms with Gasteiger partial charge in [0.1, 0.15) is 5.75 Å². The highest BCUT2D eigenvalue weighted by Gasteiger charge is 2.23. The molecule has 0 amide bonds. The lowest BCUT2D eigenvalue weighted by Gasteiger charge is -2.36. The van der Waals surface area contributed by atoms with Crippen molar-refractivity contribution >= 4 is 17.5 Å². The number of rotatable bonds is 4. The number of benzene rings is 1. The molecule has 0 atom stereocenters. The van der Waals surface area contributed by atoms with Gasteiger partial charge in [-0.15, -0.1) is 10.2 Å². The lowest BCUT2D eigenvalue weighted by molar-refractivity contribution is 0.458. The molecule has 9 nitrogen and oxygen atoms in total. The van der Waals surface area contributed by atoms with Crippen molar-refractivity contribution in [1.82, 2.24) is 25.5 Å². The largest absolute Gasteiger partial charge is 0.507 e. The number of anilines is 3. The summed E-state index contributed by atoms with van der Waals surface area (Å²) < 4.78 is 0. The molecule has 3 aromatic rings. The zero-order valence-corrected chi connectivity index (χ0v) is 18.0. The zero-order chi connectivity index (χ0) is 21.9. The topological polar surface area (TPSA) is 116 Å². The van der Waals surface area contributed by atoms with Gasteiger partial charge in [-0.1, -0.05) is 12.1 Å². The molecule has 9 heteroatoms. The van der Waals surface area contributed by atoms with Crippen LogP contribution in [0.25, 0.3) is 11.3 Å². The Labute approximate surface area is 187 Å². The number of nitrogens with one attached hydrogen (secondary N) is 1. The quantitative estimate of drug-likeness (QED) is 0.569. The molecule has 0 aliphatic carbocycles. The highest BCUT2D eigenvalue weighted by atomic mass is 16.3. The van der Waals surface area contributed by atoms with Crippen LogP contribution >= 0.6 is 0 Å². The van der Waals surface area contributed by atoms with E-state index in [9.17, 15) is 5.11 Å². The predicted molar refractivity (Wildman–Crippen MR) is 125 cm³/mol. The fraction of sp³-hybridized carbons (Fsp3) is 0.391. The van der Waals surface area contributed by atoms with E-state index in [2.05, 4.69) is 35.3 Å². The SMILES string of the molecule is Nc1nnc(-c2ccccc2O)cc1N1CCN(c2ncc(C3CCNCC3)cn2)CC1. The fourth-order valence-electron chi connectivity index (χ4n) is 4.47. The normalized spacial score (nSPS) is 17.5. The third kappa shape index (κ3) is 4.16. The van der Waals surface area contributed by atoms with Gasteiger partial charge >= 0.3 is 0 Å². The number of nitrogens with zero attached hydrogens (tertiary/aromatic N) is 6. The van der Waals surface area contributed by atoms with E-state index in [4.69, 9.17) is 5.73 Å². The molecule has 2 saturated heterocycles. The molecule has 5 rings (SSSR count). The Hall–Kier alpha value is -3.46. The lowest BCUT2D eigenvalue weighted by atomic mass is 9.92. The highest BCUT2D eigenvalue weighted by molar-refractivity contribution is 5.74. The van der Waals surface area contributed by atoms with Crippen LogP contribution in [0, 0.1) is 0 Å². The molecule has 166 valence electrons. The second-order valence-corrected chi connectivity index (χ2v) is 8.33. The first-order chi connectivity index (χ1) is 15.7. The average Bonchev–Trinajstić information content (AvgIpc) is 2.86. The first kappa shape index (κ1) is 20.4. The average molecular weight is 433 g/mol. The first-order valence-electron chi connectivity index (χ1n) is 11.1. The van der Waals surface area contributed by atoms with Gasteiger partial charge in [0, 0.05) is 44.1 Å². The summed E-state index contributed by atoms with van der Waals surface area (Å²) in [4.78, 5) is 13.7. The minimum atomic E-state index is 0.174. The molecule has 1 aromatic carbocycles. The molecular weight excluding hydrogens is 404 g/mol. The molecule has 4 heterocycles. The summed E-state index contributed by atoms with van der Waals surface area (Å²) in [6, 6.07) is 9.01. The number of piperidine rings is 1. The highest BCUT2D eigenvalue weighted by Crippen LogP contribution is 2.32. The van der Waals surface area contributed by atoms with Gasteiger partial charge in [0.05, 0.1) is 11.4 Å². The van der Waals surface area contributed by atoms with Crippen LogP contribution in [0.5, 0.6) is 5.75 Å². The molecule has 4 N–H and O–H groups in total. The minimum Gasteiger partial charge on any atom is -0.507 e. The summed E-state index contributed by atoms with van der Waals surface area (Å²) >= 11 is 0. The number of nitrogen functional groups attached to an aromatic ring is 1. The Kier molecular flexibility index (Phi) is 5.72. The van der Waals surface area contributed by atoms with Crippen LogP contribution in [0.3, 0.4) is 0 Å². The summed E-state index contributed by atoms with van der Waals surface area (Å²) in [5.74, 6) is 1.90. The minimum absolute atomic E-state index is 0.174.